The van der Waals surface area contributed by atoms with Gasteiger partial charge in [-0.3, -0.25) is 0 Å². The fourth-order valence-electron chi connectivity index (χ4n) is 1.65. The average molecular weight is 242 g/mol. The Morgan fingerprint density at radius 2 is 0.778 bits per heavy atom. The number of benzene rings is 2. The molecule has 2 aromatic carbocycles. The molecule has 0 unspecified atom stereocenters. The molecule has 0 saturated heterocycles. The van der Waals surface area contributed by atoms with Crippen LogP contribution in [-0.4, -0.2) is 0 Å². The summed E-state index contributed by atoms with van der Waals surface area (Å²) in [6.45, 7) is 8.06. The molecule has 0 aliphatic heterocycles. The van der Waals surface area contributed by atoms with Gasteiger partial charge in [0.05, 0.1) is 0 Å². The SMILES string of the molecule is Cc1cccc(C)c1N.Cc1cccc(C)c1N. The topological polar surface area (TPSA) is 52.0 Å². The maximum atomic E-state index is 5.68. The highest BCUT2D eigenvalue weighted by Crippen LogP contribution is 2.14. The molecule has 18 heavy (non-hydrogen) atoms. The van der Waals surface area contributed by atoms with Gasteiger partial charge in [-0.05, 0) is 49.9 Å². The summed E-state index contributed by atoms with van der Waals surface area (Å²) in [6, 6.07) is 12.1. The highest BCUT2D eigenvalue weighted by atomic mass is 14.6. The molecule has 0 atom stereocenters. The van der Waals surface area contributed by atoms with E-state index in [1.807, 2.05) is 64.1 Å². The van der Waals surface area contributed by atoms with Crippen LogP contribution in [0, 0.1) is 27.7 Å². The third-order valence-electron chi connectivity index (χ3n) is 3.08. The van der Waals surface area contributed by atoms with E-state index in [2.05, 4.69) is 0 Å². The molecule has 0 aliphatic rings. The van der Waals surface area contributed by atoms with Crippen molar-refractivity contribution in [2.24, 2.45) is 0 Å². The summed E-state index contributed by atoms with van der Waals surface area (Å²) in [5.41, 5.74) is 17.8. The van der Waals surface area contributed by atoms with E-state index in [-0.39, 0.29) is 0 Å². The van der Waals surface area contributed by atoms with E-state index < -0.39 is 0 Å². The molecular weight excluding hydrogens is 220 g/mol. The molecule has 2 aromatic rings. The zero-order chi connectivity index (χ0) is 13.7. The Morgan fingerprint density at radius 3 is 0.944 bits per heavy atom. The lowest BCUT2D eigenvalue weighted by molar-refractivity contribution is 1.39. The second kappa shape index (κ2) is 6.10. The van der Waals surface area contributed by atoms with Crippen molar-refractivity contribution in [2.75, 3.05) is 11.5 Å². The minimum atomic E-state index is 0.914. The molecule has 0 aromatic heterocycles. The molecule has 2 rings (SSSR count). The lowest BCUT2D eigenvalue weighted by Crippen LogP contribution is -1.91. The Bertz CT molecular complexity index is 441. The van der Waals surface area contributed by atoms with E-state index in [9.17, 15) is 0 Å². The number of nitrogen functional groups attached to an aromatic ring is 2. The fourth-order valence-corrected chi connectivity index (χ4v) is 1.65. The summed E-state index contributed by atoms with van der Waals surface area (Å²) >= 11 is 0. The first-order valence-corrected chi connectivity index (χ1v) is 6.07. The highest BCUT2D eigenvalue weighted by molar-refractivity contribution is 5.52. The van der Waals surface area contributed by atoms with Crippen LogP contribution in [0.15, 0.2) is 36.4 Å². The van der Waals surface area contributed by atoms with E-state index in [1.54, 1.807) is 0 Å². The van der Waals surface area contributed by atoms with E-state index in [1.165, 1.54) is 0 Å². The van der Waals surface area contributed by atoms with Gasteiger partial charge in [-0.25, -0.2) is 0 Å². The number of hydrogen-bond donors (Lipinski definition) is 2. The summed E-state index contributed by atoms with van der Waals surface area (Å²) in [5.74, 6) is 0. The smallest absolute Gasteiger partial charge is 0.0373 e. The van der Waals surface area contributed by atoms with Crippen molar-refractivity contribution in [1.29, 1.82) is 0 Å². The Kier molecular flexibility index (Phi) is 4.78. The summed E-state index contributed by atoms with van der Waals surface area (Å²) in [4.78, 5) is 0. The molecule has 4 N–H and O–H groups in total. The van der Waals surface area contributed by atoms with Gasteiger partial charge < -0.3 is 11.5 Å². The predicted molar refractivity (Wildman–Crippen MR) is 80.7 cm³/mol. The molecule has 2 heteroatoms. The van der Waals surface area contributed by atoms with Gasteiger partial charge in [0.1, 0.15) is 0 Å². The van der Waals surface area contributed by atoms with Crippen molar-refractivity contribution in [2.45, 2.75) is 27.7 Å². The van der Waals surface area contributed by atoms with Gasteiger partial charge in [0.25, 0.3) is 0 Å². The zero-order valence-corrected chi connectivity index (χ0v) is 11.6. The molecule has 0 saturated carbocycles. The lowest BCUT2D eigenvalue weighted by atomic mass is 10.1. The minimum absolute atomic E-state index is 0.914. The van der Waals surface area contributed by atoms with Gasteiger partial charge >= 0.3 is 0 Å². The molecule has 0 bridgehead atoms. The molecular formula is C16H22N2. The second-order valence-corrected chi connectivity index (χ2v) is 4.61. The zero-order valence-electron chi connectivity index (χ0n) is 11.6. The third kappa shape index (κ3) is 3.52. The van der Waals surface area contributed by atoms with E-state index in [0.29, 0.717) is 0 Å². The molecule has 0 radical (unpaired) electrons. The predicted octanol–water partition coefficient (Wildman–Crippen LogP) is 3.77. The quantitative estimate of drug-likeness (QED) is 0.691. The van der Waals surface area contributed by atoms with Crippen LogP contribution in [0.5, 0.6) is 0 Å². The van der Waals surface area contributed by atoms with E-state index in [0.717, 1.165) is 33.6 Å². The summed E-state index contributed by atoms with van der Waals surface area (Å²) in [7, 11) is 0. The number of anilines is 2. The van der Waals surface area contributed by atoms with Crippen LogP contribution in [0.3, 0.4) is 0 Å². The van der Waals surface area contributed by atoms with Gasteiger partial charge in [-0.1, -0.05) is 36.4 Å². The van der Waals surface area contributed by atoms with E-state index >= 15 is 0 Å². The Labute approximate surface area is 110 Å². The Balaban J connectivity index is 0.000000180. The van der Waals surface area contributed by atoms with Gasteiger partial charge in [0.2, 0.25) is 0 Å². The highest BCUT2D eigenvalue weighted by Gasteiger charge is 1.93. The second-order valence-electron chi connectivity index (χ2n) is 4.61. The molecule has 0 aliphatic carbocycles. The number of hydrogen-bond acceptors (Lipinski definition) is 2. The van der Waals surface area contributed by atoms with Crippen molar-refractivity contribution in [3.8, 4) is 0 Å². The Hall–Kier alpha value is -1.96. The molecule has 0 fully saturated rings. The molecule has 0 heterocycles. The van der Waals surface area contributed by atoms with Crippen molar-refractivity contribution in [1.82, 2.24) is 0 Å². The van der Waals surface area contributed by atoms with Crippen molar-refractivity contribution in [3.63, 3.8) is 0 Å². The minimum Gasteiger partial charge on any atom is -0.398 e. The number of aryl methyl sites for hydroxylation is 4. The van der Waals surface area contributed by atoms with Crippen LogP contribution in [-0.2, 0) is 0 Å². The third-order valence-corrected chi connectivity index (χ3v) is 3.08. The molecule has 2 nitrogen and oxygen atoms in total. The van der Waals surface area contributed by atoms with Crippen LogP contribution < -0.4 is 11.5 Å². The van der Waals surface area contributed by atoms with Crippen LogP contribution >= 0.6 is 0 Å². The molecule has 0 spiro atoms. The lowest BCUT2D eigenvalue weighted by Gasteiger charge is -2.00. The first-order chi connectivity index (χ1) is 8.43. The summed E-state index contributed by atoms with van der Waals surface area (Å²) in [5, 5.41) is 0. The normalized spacial score (nSPS) is 9.56. The van der Waals surface area contributed by atoms with Gasteiger partial charge in [-0.2, -0.15) is 0 Å². The summed E-state index contributed by atoms with van der Waals surface area (Å²) < 4.78 is 0. The first kappa shape index (κ1) is 14.1. The average Bonchev–Trinajstić information content (AvgIpc) is 2.34. The monoisotopic (exact) mass is 242 g/mol. The fraction of sp³-hybridized carbons (Fsp3) is 0.250. The summed E-state index contributed by atoms with van der Waals surface area (Å²) in [6.07, 6.45) is 0. The van der Waals surface area contributed by atoms with Gasteiger partial charge in [-0.15, -0.1) is 0 Å². The van der Waals surface area contributed by atoms with Crippen LogP contribution in [0.2, 0.25) is 0 Å². The maximum Gasteiger partial charge on any atom is 0.0373 e. The van der Waals surface area contributed by atoms with Crippen LogP contribution in [0.4, 0.5) is 11.4 Å². The van der Waals surface area contributed by atoms with E-state index in [4.69, 9.17) is 11.5 Å². The van der Waals surface area contributed by atoms with Gasteiger partial charge in [0.15, 0.2) is 0 Å². The number of para-hydroxylation sites is 2. The van der Waals surface area contributed by atoms with Crippen molar-refractivity contribution < 1.29 is 0 Å². The molecule has 0 amide bonds. The standard InChI is InChI=1S/2C8H11N/c2*1-6-4-3-5-7(2)8(6)9/h2*3-5H,9H2,1-2H3. The van der Waals surface area contributed by atoms with Crippen molar-refractivity contribution >= 4 is 11.4 Å². The number of rotatable bonds is 0. The Morgan fingerprint density at radius 1 is 0.556 bits per heavy atom. The molecule has 96 valence electrons. The van der Waals surface area contributed by atoms with Crippen LogP contribution in [0.25, 0.3) is 0 Å². The van der Waals surface area contributed by atoms with Crippen LogP contribution in [0.1, 0.15) is 22.3 Å². The first-order valence-electron chi connectivity index (χ1n) is 6.07. The van der Waals surface area contributed by atoms with Gasteiger partial charge in [0, 0.05) is 11.4 Å². The number of nitrogens with two attached hydrogens (primary N) is 2. The maximum absolute atomic E-state index is 5.68. The largest absolute Gasteiger partial charge is 0.398 e. The van der Waals surface area contributed by atoms with Crippen molar-refractivity contribution in [3.05, 3.63) is 58.7 Å².